The maximum absolute atomic E-state index is 4.67. The summed E-state index contributed by atoms with van der Waals surface area (Å²) in [6.07, 6.45) is 3.70. The highest BCUT2D eigenvalue weighted by Crippen LogP contribution is 2.29. The number of thiol groups is 1. The molecule has 0 bridgehead atoms. The van der Waals surface area contributed by atoms with E-state index < -0.39 is 0 Å². The van der Waals surface area contributed by atoms with Gasteiger partial charge >= 0.3 is 0 Å². The number of unbranched alkanes of at least 4 members (excludes halogenated alkanes) is 1. The minimum atomic E-state index is 0.412. The Morgan fingerprint density at radius 2 is 2.00 bits per heavy atom. The topological polar surface area (TPSA) is 0 Å². The van der Waals surface area contributed by atoms with Crippen molar-refractivity contribution in [2.75, 3.05) is 0 Å². The van der Waals surface area contributed by atoms with Gasteiger partial charge in [0.2, 0.25) is 0 Å². The van der Waals surface area contributed by atoms with Gasteiger partial charge in [-0.05, 0) is 37.0 Å². The molecule has 0 aliphatic rings. The van der Waals surface area contributed by atoms with Gasteiger partial charge in [0.25, 0.3) is 0 Å². The van der Waals surface area contributed by atoms with Crippen molar-refractivity contribution in [2.24, 2.45) is 0 Å². The van der Waals surface area contributed by atoms with Crippen LogP contribution in [0.25, 0.3) is 0 Å². The maximum Gasteiger partial charge on any atom is 0.0269 e. The van der Waals surface area contributed by atoms with Crippen molar-refractivity contribution in [1.82, 2.24) is 0 Å². The van der Waals surface area contributed by atoms with Crippen LogP contribution in [0.15, 0.2) is 18.2 Å². The van der Waals surface area contributed by atoms with Gasteiger partial charge in [0.15, 0.2) is 0 Å². The molecule has 1 aromatic carbocycles. The molecular formula is C13H20S. The molecule has 0 aromatic heterocycles. The van der Waals surface area contributed by atoms with Crippen molar-refractivity contribution in [2.45, 2.75) is 45.3 Å². The zero-order valence-corrected chi connectivity index (χ0v) is 10.3. The molecule has 0 heterocycles. The summed E-state index contributed by atoms with van der Waals surface area (Å²) >= 11 is 4.67. The normalized spacial score (nSPS) is 12.9. The van der Waals surface area contributed by atoms with Crippen LogP contribution < -0.4 is 0 Å². The first kappa shape index (κ1) is 11.6. The molecule has 0 radical (unpaired) electrons. The summed E-state index contributed by atoms with van der Waals surface area (Å²) in [5.41, 5.74) is 4.18. The molecule has 0 saturated carbocycles. The molecule has 0 spiro atoms. The van der Waals surface area contributed by atoms with Crippen molar-refractivity contribution >= 4 is 12.6 Å². The summed E-state index contributed by atoms with van der Waals surface area (Å²) < 4.78 is 0. The fourth-order valence-electron chi connectivity index (χ4n) is 1.69. The fourth-order valence-corrected chi connectivity index (χ4v) is 2.15. The molecule has 0 amide bonds. The van der Waals surface area contributed by atoms with E-state index in [9.17, 15) is 0 Å². The Kier molecular flexibility index (Phi) is 4.53. The molecule has 1 aromatic rings. The molecule has 1 unspecified atom stereocenters. The van der Waals surface area contributed by atoms with Gasteiger partial charge in [-0.15, -0.1) is 0 Å². The second-order valence-corrected chi connectivity index (χ2v) is 4.57. The monoisotopic (exact) mass is 208 g/mol. The third kappa shape index (κ3) is 2.78. The van der Waals surface area contributed by atoms with E-state index in [0.717, 1.165) is 0 Å². The van der Waals surface area contributed by atoms with Gasteiger partial charge in [0.1, 0.15) is 0 Å². The third-order valence-corrected chi connectivity index (χ3v) is 3.37. The lowest BCUT2D eigenvalue weighted by Gasteiger charge is -2.14. The highest BCUT2D eigenvalue weighted by atomic mass is 32.1. The molecule has 0 aliphatic carbocycles. The fraction of sp³-hybridized carbons (Fsp3) is 0.538. The first-order valence-corrected chi connectivity index (χ1v) is 5.92. The molecule has 14 heavy (non-hydrogen) atoms. The lowest BCUT2D eigenvalue weighted by atomic mass is 9.98. The summed E-state index contributed by atoms with van der Waals surface area (Å²) in [5, 5.41) is 0.412. The molecular weight excluding hydrogens is 188 g/mol. The highest BCUT2D eigenvalue weighted by molar-refractivity contribution is 7.80. The SMILES string of the molecule is CCCCC(S)c1cccc(C)c1C. The van der Waals surface area contributed by atoms with Crippen LogP contribution >= 0.6 is 12.6 Å². The van der Waals surface area contributed by atoms with E-state index in [1.165, 1.54) is 36.0 Å². The van der Waals surface area contributed by atoms with Crippen LogP contribution in [0.5, 0.6) is 0 Å². The Bertz CT molecular complexity index is 291. The Morgan fingerprint density at radius 1 is 1.29 bits per heavy atom. The molecule has 1 heteroatoms. The van der Waals surface area contributed by atoms with Crippen LogP contribution in [0.1, 0.15) is 48.1 Å². The molecule has 0 saturated heterocycles. The lowest BCUT2D eigenvalue weighted by Crippen LogP contribution is -1.96. The first-order chi connectivity index (χ1) is 6.66. The van der Waals surface area contributed by atoms with Crippen molar-refractivity contribution in [1.29, 1.82) is 0 Å². The van der Waals surface area contributed by atoms with E-state index >= 15 is 0 Å². The van der Waals surface area contributed by atoms with Crippen LogP contribution in [0.2, 0.25) is 0 Å². The van der Waals surface area contributed by atoms with E-state index in [1.54, 1.807) is 0 Å². The highest BCUT2D eigenvalue weighted by Gasteiger charge is 2.09. The van der Waals surface area contributed by atoms with Crippen molar-refractivity contribution in [3.05, 3.63) is 34.9 Å². The van der Waals surface area contributed by atoms with Crippen LogP contribution in [0, 0.1) is 13.8 Å². The molecule has 0 aliphatic heterocycles. The van der Waals surface area contributed by atoms with Gasteiger partial charge in [-0.1, -0.05) is 38.0 Å². The van der Waals surface area contributed by atoms with Crippen LogP contribution in [0.3, 0.4) is 0 Å². The average Bonchev–Trinajstić information content (AvgIpc) is 2.18. The molecule has 0 nitrogen and oxygen atoms in total. The number of aryl methyl sites for hydroxylation is 1. The van der Waals surface area contributed by atoms with Crippen molar-refractivity contribution < 1.29 is 0 Å². The Labute approximate surface area is 93.1 Å². The van der Waals surface area contributed by atoms with E-state index in [2.05, 4.69) is 51.6 Å². The molecule has 1 rings (SSSR count). The minimum absolute atomic E-state index is 0.412. The van der Waals surface area contributed by atoms with E-state index in [-0.39, 0.29) is 0 Å². The standard InChI is InChI=1S/C13H20S/c1-4-5-9-13(14)12-8-6-7-10(2)11(12)3/h6-8,13-14H,4-5,9H2,1-3H3. The van der Waals surface area contributed by atoms with E-state index in [1.807, 2.05) is 0 Å². The number of rotatable bonds is 4. The summed E-state index contributed by atoms with van der Waals surface area (Å²) in [6.45, 7) is 6.59. The number of hydrogen-bond donors (Lipinski definition) is 1. The summed E-state index contributed by atoms with van der Waals surface area (Å²) in [4.78, 5) is 0. The zero-order valence-electron chi connectivity index (χ0n) is 9.38. The third-order valence-electron chi connectivity index (χ3n) is 2.84. The van der Waals surface area contributed by atoms with Gasteiger partial charge in [0.05, 0.1) is 0 Å². The largest absolute Gasteiger partial charge is 0.171 e. The van der Waals surface area contributed by atoms with Crippen molar-refractivity contribution in [3.63, 3.8) is 0 Å². The van der Waals surface area contributed by atoms with E-state index in [0.29, 0.717) is 5.25 Å². The Hall–Kier alpha value is -0.430. The number of hydrogen-bond acceptors (Lipinski definition) is 1. The quantitative estimate of drug-likeness (QED) is 0.694. The molecule has 0 N–H and O–H groups in total. The van der Waals surface area contributed by atoms with Crippen molar-refractivity contribution in [3.8, 4) is 0 Å². The zero-order chi connectivity index (χ0) is 10.6. The van der Waals surface area contributed by atoms with Gasteiger partial charge < -0.3 is 0 Å². The summed E-state index contributed by atoms with van der Waals surface area (Å²) in [5.74, 6) is 0. The smallest absolute Gasteiger partial charge is 0.0269 e. The Balaban J connectivity index is 2.79. The molecule has 1 atom stereocenters. The van der Waals surface area contributed by atoms with Gasteiger partial charge in [-0.3, -0.25) is 0 Å². The van der Waals surface area contributed by atoms with Gasteiger partial charge in [-0.2, -0.15) is 12.6 Å². The second-order valence-electron chi connectivity index (χ2n) is 3.95. The first-order valence-electron chi connectivity index (χ1n) is 5.41. The predicted octanol–water partition coefficient (Wildman–Crippen LogP) is 4.46. The minimum Gasteiger partial charge on any atom is -0.171 e. The van der Waals surface area contributed by atoms with E-state index in [4.69, 9.17) is 0 Å². The lowest BCUT2D eigenvalue weighted by molar-refractivity contribution is 0.707. The molecule has 0 fully saturated rings. The van der Waals surface area contributed by atoms with Gasteiger partial charge in [0, 0.05) is 5.25 Å². The second kappa shape index (κ2) is 5.45. The Morgan fingerprint density at radius 3 is 2.64 bits per heavy atom. The summed E-state index contributed by atoms with van der Waals surface area (Å²) in [7, 11) is 0. The average molecular weight is 208 g/mol. The van der Waals surface area contributed by atoms with Crippen LogP contribution in [-0.2, 0) is 0 Å². The predicted molar refractivity (Wildman–Crippen MR) is 67.2 cm³/mol. The summed E-state index contributed by atoms with van der Waals surface area (Å²) in [6, 6.07) is 6.50. The maximum atomic E-state index is 4.67. The molecule has 78 valence electrons. The van der Waals surface area contributed by atoms with Crippen LogP contribution in [-0.4, -0.2) is 0 Å². The number of benzene rings is 1. The van der Waals surface area contributed by atoms with Gasteiger partial charge in [-0.25, -0.2) is 0 Å². The van der Waals surface area contributed by atoms with Crippen LogP contribution in [0.4, 0.5) is 0 Å².